The Hall–Kier alpha value is -2.88. The van der Waals surface area contributed by atoms with Crippen molar-refractivity contribution in [1.29, 1.82) is 0 Å². The summed E-state index contributed by atoms with van der Waals surface area (Å²) in [5.41, 5.74) is 3.16. The fourth-order valence-electron chi connectivity index (χ4n) is 4.22. The summed E-state index contributed by atoms with van der Waals surface area (Å²) in [5, 5.41) is 4.18. The number of nitrogens with zero attached hydrogens (tertiary/aromatic N) is 1. The summed E-state index contributed by atoms with van der Waals surface area (Å²) in [7, 11) is 0. The molecule has 4 rings (SSSR count). The lowest BCUT2D eigenvalue weighted by Crippen LogP contribution is -2.34. The predicted octanol–water partition coefficient (Wildman–Crippen LogP) is 6.14. The van der Waals surface area contributed by atoms with Crippen LogP contribution in [0.4, 0.5) is 0 Å². The van der Waals surface area contributed by atoms with Crippen LogP contribution in [0.1, 0.15) is 62.7 Å². The van der Waals surface area contributed by atoms with Crippen molar-refractivity contribution >= 4 is 16.8 Å². The van der Waals surface area contributed by atoms with Crippen molar-refractivity contribution in [2.24, 2.45) is 0 Å². The Morgan fingerprint density at radius 2 is 1.70 bits per heavy atom. The highest BCUT2D eigenvalue weighted by Gasteiger charge is 2.20. The van der Waals surface area contributed by atoms with Gasteiger partial charge in [0.15, 0.2) is 0 Å². The minimum atomic E-state index is -0.0102. The number of nitrogens with one attached hydrogen (secondary N) is 1. The van der Waals surface area contributed by atoms with E-state index in [0.29, 0.717) is 5.56 Å². The number of amides is 1. The second-order valence-corrected chi connectivity index (χ2v) is 8.40. The Morgan fingerprint density at radius 1 is 1.00 bits per heavy atom. The first kappa shape index (κ1) is 20.4. The minimum absolute atomic E-state index is 0.0102. The van der Waals surface area contributed by atoms with Crippen molar-refractivity contribution in [3.63, 3.8) is 0 Å². The van der Waals surface area contributed by atoms with E-state index in [-0.39, 0.29) is 18.1 Å². The lowest BCUT2D eigenvalue weighted by molar-refractivity contribution is 0.0935. The number of pyridine rings is 1. The van der Waals surface area contributed by atoms with Crippen LogP contribution < -0.4 is 10.1 Å². The summed E-state index contributed by atoms with van der Waals surface area (Å²) in [5.74, 6) is 0.773. The minimum Gasteiger partial charge on any atom is -0.490 e. The average Bonchev–Trinajstić information content (AvgIpc) is 3.01. The number of ether oxygens (including phenoxy) is 1. The molecule has 30 heavy (non-hydrogen) atoms. The molecule has 1 aliphatic rings. The van der Waals surface area contributed by atoms with Crippen LogP contribution in [0, 0.1) is 0 Å². The van der Waals surface area contributed by atoms with E-state index in [1.54, 1.807) is 0 Å². The predicted molar refractivity (Wildman–Crippen MR) is 122 cm³/mol. The summed E-state index contributed by atoms with van der Waals surface area (Å²) >= 11 is 0. The molecule has 0 bridgehead atoms. The summed E-state index contributed by atoms with van der Waals surface area (Å²) in [4.78, 5) is 18.2. The Labute approximate surface area is 178 Å². The number of para-hydroxylation sites is 2. The van der Waals surface area contributed by atoms with Gasteiger partial charge in [0.2, 0.25) is 0 Å². The largest absolute Gasteiger partial charge is 0.490 e. The van der Waals surface area contributed by atoms with Crippen LogP contribution in [0.25, 0.3) is 22.2 Å². The Morgan fingerprint density at radius 3 is 2.47 bits per heavy atom. The van der Waals surface area contributed by atoms with Gasteiger partial charge in [-0.15, -0.1) is 0 Å². The van der Waals surface area contributed by atoms with E-state index in [1.807, 2.05) is 68.4 Å². The van der Waals surface area contributed by atoms with Gasteiger partial charge in [-0.25, -0.2) is 4.98 Å². The van der Waals surface area contributed by atoms with Crippen molar-refractivity contribution in [2.45, 2.75) is 64.5 Å². The van der Waals surface area contributed by atoms with Crippen LogP contribution in [0.5, 0.6) is 5.75 Å². The fourth-order valence-corrected chi connectivity index (χ4v) is 4.22. The van der Waals surface area contributed by atoms with E-state index < -0.39 is 0 Å². The number of carbonyl (C=O) groups is 1. The van der Waals surface area contributed by atoms with Crippen LogP contribution in [-0.4, -0.2) is 23.0 Å². The van der Waals surface area contributed by atoms with Gasteiger partial charge in [-0.2, -0.15) is 0 Å². The topological polar surface area (TPSA) is 51.2 Å². The molecular weight excluding hydrogens is 372 g/mol. The molecule has 1 N–H and O–H groups in total. The van der Waals surface area contributed by atoms with Crippen LogP contribution in [0.15, 0.2) is 54.6 Å². The number of benzene rings is 2. The maximum absolute atomic E-state index is 13.3. The van der Waals surface area contributed by atoms with Gasteiger partial charge in [0.25, 0.3) is 5.91 Å². The highest BCUT2D eigenvalue weighted by atomic mass is 16.5. The van der Waals surface area contributed by atoms with Gasteiger partial charge in [0.05, 0.1) is 22.9 Å². The average molecular weight is 403 g/mol. The summed E-state index contributed by atoms with van der Waals surface area (Å²) < 4.78 is 6.01. The number of aromatic nitrogens is 1. The molecule has 0 atom stereocenters. The van der Waals surface area contributed by atoms with Crippen LogP contribution in [0.2, 0.25) is 0 Å². The molecule has 1 heterocycles. The number of hydrogen-bond donors (Lipinski definition) is 1. The molecule has 156 valence electrons. The van der Waals surface area contributed by atoms with Crippen molar-refractivity contribution in [1.82, 2.24) is 10.3 Å². The Bertz CT molecular complexity index is 1020. The zero-order valence-corrected chi connectivity index (χ0v) is 17.9. The first-order valence-electron chi connectivity index (χ1n) is 11.1. The Kier molecular flexibility index (Phi) is 6.32. The number of rotatable bonds is 5. The molecule has 1 amide bonds. The molecule has 1 aliphatic carbocycles. The third kappa shape index (κ3) is 4.64. The summed E-state index contributed by atoms with van der Waals surface area (Å²) in [6, 6.07) is 17.9. The zero-order valence-electron chi connectivity index (χ0n) is 17.9. The third-order valence-electron chi connectivity index (χ3n) is 5.68. The quantitative estimate of drug-likeness (QED) is 0.521. The third-order valence-corrected chi connectivity index (χ3v) is 5.68. The van der Waals surface area contributed by atoms with Crippen molar-refractivity contribution < 1.29 is 9.53 Å². The second-order valence-electron chi connectivity index (χ2n) is 8.40. The lowest BCUT2D eigenvalue weighted by atomic mass is 10.0. The van der Waals surface area contributed by atoms with Crippen LogP contribution in [-0.2, 0) is 0 Å². The van der Waals surface area contributed by atoms with Gasteiger partial charge >= 0.3 is 0 Å². The Balaban J connectivity index is 1.74. The van der Waals surface area contributed by atoms with Gasteiger partial charge in [-0.1, -0.05) is 56.0 Å². The molecule has 4 nitrogen and oxygen atoms in total. The molecule has 2 aromatic carbocycles. The molecule has 4 heteroatoms. The maximum Gasteiger partial charge on any atom is 0.252 e. The molecule has 0 spiro atoms. The second kappa shape index (κ2) is 9.29. The fraction of sp³-hybridized carbons (Fsp3) is 0.385. The van der Waals surface area contributed by atoms with E-state index in [4.69, 9.17) is 9.72 Å². The van der Waals surface area contributed by atoms with Gasteiger partial charge in [-0.05, 0) is 51.0 Å². The van der Waals surface area contributed by atoms with Crippen LogP contribution >= 0.6 is 0 Å². The van der Waals surface area contributed by atoms with E-state index in [2.05, 4.69) is 5.32 Å². The molecule has 1 saturated carbocycles. The first-order chi connectivity index (χ1) is 14.6. The van der Waals surface area contributed by atoms with Crippen molar-refractivity contribution in [3.05, 3.63) is 60.2 Å². The number of hydrogen-bond acceptors (Lipinski definition) is 3. The van der Waals surface area contributed by atoms with Crippen LogP contribution in [0.3, 0.4) is 0 Å². The first-order valence-corrected chi connectivity index (χ1v) is 11.1. The molecule has 0 aliphatic heterocycles. The molecule has 0 saturated heterocycles. The molecular formula is C26H30N2O2. The summed E-state index contributed by atoms with van der Waals surface area (Å²) in [6.07, 6.45) is 7.09. The van der Waals surface area contributed by atoms with Crippen molar-refractivity contribution in [2.75, 3.05) is 0 Å². The molecule has 0 unspecified atom stereocenters. The SMILES string of the molecule is CC(C)Oc1ccccc1-c1cc(C(=O)NC2CCCCCC2)c2ccccc2n1. The molecule has 1 aromatic heterocycles. The maximum atomic E-state index is 13.3. The van der Waals surface area contributed by atoms with E-state index in [0.717, 1.165) is 40.8 Å². The van der Waals surface area contributed by atoms with E-state index in [1.165, 1.54) is 25.7 Å². The standard InChI is InChI=1S/C26H30N2O2/c1-18(2)30-25-16-10-8-14-21(25)24-17-22(20-13-7-9-15-23(20)28-24)26(29)27-19-11-5-3-4-6-12-19/h7-10,13-19H,3-6,11-12H2,1-2H3,(H,27,29). The van der Waals surface area contributed by atoms with Gasteiger partial charge < -0.3 is 10.1 Å². The smallest absolute Gasteiger partial charge is 0.252 e. The molecule has 3 aromatic rings. The van der Waals surface area contributed by atoms with Gasteiger partial charge in [0, 0.05) is 17.0 Å². The molecule has 0 radical (unpaired) electrons. The number of carbonyl (C=O) groups excluding carboxylic acids is 1. The van der Waals surface area contributed by atoms with E-state index in [9.17, 15) is 4.79 Å². The highest BCUT2D eigenvalue weighted by molar-refractivity contribution is 6.07. The highest BCUT2D eigenvalue weighted by Crippen LogP contribution is 2.32. The number of fused-ring (bicyclic) bond motifs is 1. The van der Waals surface area contributed by atoms with Gasteiger partial charge in [-0.3, -0.25) is 4.79 Å². The van der Waals surface area contributed by atoms with E-state index >= 15 is 0 Å². The normalized spacial score (nSPS) is 15.2. The summed E-state index contributed by atoms with van der Waals surface area (Å²) in [6.45, 7) is 4.02. The lowest BCUT2D eigenvalue weighted by Gasteiger charge is -2.18. The van der Waals surface area contributed by atoms with Crippen molar-refractivity contribution in [3.8, 4) is 17.0 Å². The monoisotopic (exact) mass is 402 g/mol. The zero-order chi connectivity index (χ0) is 20.9. The van der Waals surface area contributed by atoms with Gasteiger partial charge in [0.1, 0.15) is 5.75 Å². The molecule has 1 fully saturated rings.